The van der Waals surface area contributed by atoms with E-state index in [1.54, 1.807) is 18.2 Å². The van der Waals surface area contributed by atoms with Gasteiger partial charge in [-0.05, 0) is 19.1 Å². The molecular weight excluding hydrogens is 274 g/mol. The van der Waals surface area contributed by atoms with E-state index in [0.717, 1.165) is 6.20 Å². The van der Waals surface area contributed by atoms with Crippen LogP contribution in [0.4, 0.5) is 5.69 Å². The number of anilines is 1. The lowest BCUT2D eigenvalue weighted by Gasteiger charge is -2.09. The number of Topliss-reactive ketones (excluding diaryl/α,β-unsaturated/α-hetero) is 1. The quantitative estimate of drug-likeness (QED) is 0.808. The van der Waals surface area contributed by atoms with Gasteiger partial charge < -0.3 is 15.2 Å². The van der Waals surface area contributed by atoms with Crippen LogP contribution in [-0.2, 0) is 0 Å². The smallest absolute Gasteiger partial charge is 0.276 e. The topological polar surface area (TPSA) is 112 Å². The summed E-state index contributed by atoms with van der Waals surface area (Å²) in [5.74, 6) is -2.49. The Labute approximate surface area is 119 Å². The van der Waals surface area contributed by atoms with Crippen molar-refractivity contribution in [3.8, 4) is 0 Å². The minimum atomic E-state index is -1.59. The molecule has 7 heteroatoms. The minimum Gasteiger partial charge on any atom is -0.543 e. The Morgan fingerprint density at radius 1 is 1.10 bits per heavy atom. The number of carboxylic acids is 1. The maximum absolute atomic E-state index is 12.0. The Morgan fingerprint density at radius 3 is 2.38 bits per heavy atom. The Bertz CT molecular complexity index is 728. The first-order valence-electron chi connectivity index (χ1n) is 5.93. The lowest BCUT2D eigenvalue weighted by molar-refractivity contribution is -0.255. The van der Waals surface area contributed by atoms with Gasteiger partial charge in [0.05, 0.1) is 5.97 Å². The van der Waals surface area contributed by atoms with E-state index >= 15 is 0 Å². The first-order valence-corrected chi connectivity index (χ1v) is 5.93. The standard InChI is InChI=1S/C14H11N3O4/c1-8(18)9-3-2-4-10(7-9)17-13(19)11-12(14(20)21)16-6-5-15-11/h2-7H,1H3,(H,17,19)(H,20,21)/p-1. The molecule has 0 aliphatic carbocycles. The number of nitrogens with zero attached hydrogens (tertiary/aromatic N) is 2. The summed E-state index contributed by atoms with van der Waals surface area (Å²) in [5.41, 5.74) is -0.127. The highest BCUT2D eigenvalue weighted by atomic mass is 16.4. The number of carbonyl (C=O) groups is 3. The highest BCUT2D eigenvalue weighted by molar-refractivity contribution is 6.08. The third-order valence-electron chi connectivity index (χ3n) is 2.63. The van der Waals surface area contributed by atoms with Crippen LogP contribution >= 0.6 is 0 Å². The highest BCUT2D eigenvalue weighted by Gasteiger charge is 2.15. The molecule has 0 spiro atoms. The lowest BCUT2D eigenvalue weighted by Crippen LogP contribution is -2.28. The molecule has 0 fully saturated rings. The van der Waals surface area contributed by atoms with Gasteiger partial charge in [-0.1, -0.05) is 12.1 Å². The van der Waals surface area contributed by atoms with E-state index in [2.05, 4.69) is 15.3 Å². The minimum absolute atomic E-state index is 0.152. The number of aromatic carboxylic acids is 1. The SMILES string of the molecule is CC(=O)c1cccc(NC(=O)c2nccnc2C(=O)[O-])c1. The monoisotopic (exact) mass is 284 g/mol. The molecule has 0 atom stereocenters. The lowest BCUT2D eigenvalue weighted by atomic mass is 10.1. The second kappa shape index (κ2) is 5.91. The Balaban J connectivity index is 2.28. The number of aromatic nitrogens is 2. The number of ketones is 1. The Kier molecular flexibility index (Phi) is 4.03. The molecule has 7 nitrogen and oxygen atoms in total. The van der Waals surface area contributed by atoms with Crippen LogP contribution in [0.25, 0.3) is 0 Å². The summed E-state index contributed by atoms with van der Waals surface area (Å²) in [7, 11) is 0. The third-order valence-corrected chi connectivity index (χ3v) is 2.63. The molecule has 2 rings (SSSR count). The number of carboxylic acid groups (broad SMARTS) is 1. The van der Waals surface area contributed by atoms with Gasteiger partial charge in [0.25, 0.3) is 5.91 Å². The van der Waals surface area contributed by atoms with Crippen molar-refractivity contribution in [3.63, 3.8) is 0 Å². The highest BCUT2D eigenvalue weighted by Crippen LogP contribution is 2.13. The van der Waals surface area contributed by atoms with Gasteiger partial charge in [-0.2, -0.15) is 0 Å². The van der Waals surface area contributed by atoms with E-state index in [-0.39, 0.29) is 11.5 Å². The van der Waals surface area contributed by atoms with E-state index in [1.165, 1.54) is 19.2 Å². The van der Waals surface area contributed by atoms with Crippen molar-refractivity contribution in [1.29, 1.82) is 0 Å². The first-order chi connectivity index (χ1) is 9.99. The average Bonchev–Trinajstić information content (AvgIpc) is 2.47. The molecule has 106 valence electrons. The number of hydrogen-bond donors (Lipinski definition) is 1. The van der Waals surface area contributed by atoms with Crippen LogP contribution in [0.1, 0.15) is 38.3 Å². The zero-order chi connectivity index (χ0) is 15.4. The fraction of sp³-hybridized carbons (Fsp3) is 0.0714. The molecule has 0 bridgehead atoms. The molecule has 1 amide bonds. The van der Waals surface area contributed by atoms with Gasteiger partial charge in [0.15, 0.2) is 11.5 Å². The largest absolute Gasteiger partial charge is 0.543 e. The van der Waals surface area contributed by atoms with Gasteiger partial charge in [0.1, 0.15) is 5.69 Å². The summed E-state index contributed by atoms with van der Waals surface area (Å²) in [6, 6.07) is 6.25. The van der Waals surface area contributed by atoms with Gasteiger partial charge in [0.2, 0.25) is 0 Å². The molecule has 1 aromatic carbocycles. The van der Waals surface area contributed by atoms with E-state index < -0.39 is 17.6 Å². The van der Waals surface area contributed by atoms with E-state index in [9.17, 15) is 19.5 Å². The zero-order valence-electron chi connectivity index (χ0n) is 11.0. The first kappa shape index (κ1) is 14.3. The maximum atomic E-state index is 12.0. The molecule has 0 saturated heterocycles. The van der Waals surface area contributed by atoms with Crippen LogP contribution < -0.4 is 10.4 Å². The summed E-state index contributed by atoms with van der Waals surface area (Å²) in [4.78, 5) is 41.4. The number of hydrogen-bond acceptors (Lipinski definition) is 6. The van der Waals surface area contributed by atoms with Crippen molar-refractivity contribution in [2.45, 2.75) is 6.92 Å². The van der Waals surface area contributed by atoms with Gasteiger partial charge in [-0.15, -0.1) is 0 Å². The molecule has 0 unspecified atom stereocenters. The number of amides is 1. The van der Waals surface area contributed by atoms with Crippen LogP contribution in [0.2, 0.25) is 0 Å². The van der Waals surface area contributed by atoms with Crippen molar-refractivity contribution in [3.05, 3.63) is 53.6 Å². The normalized spacial score (nSPS) is 9.95. The molecule has 0 aliphatic heterocycles. The third kappa shape index (κ3) is 3.27. The number of rotatable bonds is 4. The zero-order valence-corrected chi connectivity index (χ0v) is 11.0. The summed E-state index contributed by atoms with van der Waals surface area (Å²) in [6.07, 6.45) is 2.35. The molecule has 1 aromatic heterocycles. The number of carbonyl (C=O) groups excluding carboxylic acids is 3. The second-order valence-electron chi connectivity index (χ2n) is 4.13. The number of benzene rings is 1. The van der Waals surface area contributed by atoms with Gasteiger partial charge in [0, 0.05) is 23.6 Å². The maximum Gasteiger partial charge on any atom is 0.276 e. The van der Waals surface area contributed by atoms with Gasteiger partial charge >= 0.3 is 0 Å². The van der Waals surface area contributed by atoms with Crippen molar-refractivity contribution >= 4 is 23.3 Å². The van der Waals surface area contributed by atoms with Crippen LogP contribution in [0, 0.1) is 0 Å². The fourth-order valence-corrected chi connectivity index (χ4v) is 1.66. The molecule has 0 radical (unpaired) electrons. The van der Waals surface area contributed by atoms with Crippen LogP contribution in [0.5, 0.6) is 0 Å². The summed E-state index contributed by atoms with van der Waals surface area (Å²) in [6.45, 7) is 1.40. The molecule has 1 heterocycles. The molecule has 1 N–H and O–H groups in total. The predicted molar refractivity (Wildman–Crippen MR) is 70.8 cm³/mol. The molecule has 0 saturated carbocycles. The molecular formula is C14H10N3O4-. The number of nitrogens with one attached hydrogen (secondary N) is 1. The molecule has 0 aliphatic rings. The van der Waals surface area contributed by atoms with Crippen molar-refractivity contribution in [1.82, 2.24) is 9.97 Å². The van der Waals surface area contributed by atoms with Crippen LogP contribution in [-0.4, -0.2) is 27.6 Å². The van der Waals surface area contributed by atoms with E-state index in [1.807, 2.05) is 0 Å². The average molecular weight is 284 g/mol. The van der Waals surface area contributed by atoms with Crippen molar-refractivity contribution in [2.75, 3.05) is 5.32 Å². The van der Waals surface area contributed by atoms with Crippen molar-refractivity contribution in [2.24, 2.45) is 0 Å². The molecule has 21 heavy (non-hydrogen) atoms. The molecule has 2 aromatic rings. The van der Waals surface area contributed by atoms with Crippen molar-refractivity contribution < 1.29 is 19.5 Å². The summed E-state index contributed by atoms with van der Waals surface area (Å²) >= 11 is 0. The van der Waals surface area contributed by atoms with E-state index in [0.29, 0.717) is 11.3 Å². The Morgan fingerprint density at radius 2 is 1.76 bits per heavy atom. The fourth-order valence-electron chi connectivity index (χ4n) is 1.66. The van der Waals surface area contributed by atoms with Gasteiger partial charge in [-0.25, -0.2) is 4.98 Å². The second-order valence-corrected chi connectivity index (χ2v) is 4.13. The van der Waals surface area contributed by atoms with Gasteiger partial charge in [-0.3, -0.25) is 14.6 Å². The summed E-state index contributed by atoms with van der Waals surface area (Å²) in [5, 5.41) is 13.3. The Hall–Kier alpha value is -3.09. The van der Waals surface area contributed by atoms with E-state index in [4.69, 9.17) is 0 Å². The van der Waals surface area contributed by atoms with Crippen LogP contribution in [0.15, 0.2) is 36.7 Å². The predicted octanol–water partition coefficient (Wildman–Crippen LogP) is 0.295. The van der Waals surface area contributed by atoms with Crippen LogP contribution in [0.3, 0.4) is 0 Å². The summed E-state index contributed by atoms with van der Waals surface area (Å²) < 4.78 is 0.